The molecule has 1 fully saturated rings. The number of carbonyl (C=O) groups is 1. The molecule has 0 aromatic carbocycles. The molecule has 2 heterocycles. The van der Waals surface area contributed by atoms with E-state index in [-0.39, 0.29) is 23.5 Å². The first-order chi connectivity index (χ1) is 7.68. The summed E-state index contributed by atoms with van der Waals surface area (Å²) in [5, 5.41) is 0. The Morgan fingerprint density at radius 2 is 2.31 bits per heavy atom. The van der Waals surface area contributed by atoms with E-state index in [1.807, 2.05) is 6.92 Å². The van der Waals surface area contributed by atoms with Gasteiger partial charge in [-0.2, -0.15) is 0 Å². The van der Waals surface area contributed by atoms with Crippen molar-refractivity contribution in [2.75, 3.05) is 25.4 Å². The Labute approximate surface area is 93.4 Å². The minimum Gasteiger partial charge on any atom is -0.382 e. The van der Waals surface area contributed by atoms with Crippen LogP contribution in [-0.4, -0.2) is 46.6 Å². The van der Waals surface area contributed by atoms with Gasteiger partial charge in [0.05, 0.1) is 12.7 Å². The van der Waals surface area contributed by atoms with Gasteiger partial charge < -0.3 is 15.4 Å². The summed E-state index contributed by atoms with van der Waals surface area (Å²) in [4.78, 5) is 21.6. The molecule has 1 aliphatic heterocycles. The van der Waals surface area contributed by atoms with Crippen LogP contribution in [0.4, 0.5) is 5.82 Å². The number of ether oxygens (including phenoxy) is 1. The van der Waals surface area contributed by atoms with Crippen molar-refractivity contribution in [2.24, 2.45) is 0 Å². The van der Waals surface area contributed by atoms with Gasteiger partial charge in [0, 0.05) is 25.5 Å². The molecule has 1 saturated heterocycles. The third-order valence-corrected chi connectivity index (χ3v) is 2.46. The first-order valence-electron chi connectivity index (χ1n) is 5.16. The van der Waals surface area contributed by atoms with E-state index in [1.54, 1.807) is 4.90 Å². The van der Waals surface area contributed by atoms with Crippen LogP contribution >= 0.6 is 0 Å². The molecule has 2 rings (SSSR count). The van der Waals surface area contributed by atoms with Crippen LogP contribution < -0.4 is 5.73 Å². The van der Waals surface area contributed by atoms with Gasteiger partial charge in [-0.3, -0.25) is 4.79 Å². The van der Waals surface area contributed by atoms with Crippen LogP contribution in [0, 0.1) is 0 Å². The summed E-state index contributed by atoms with van der Waals surface area (Å²) in [6.45, 7) is 3.61. The number of carbonyl (C=O) groups excluding carboxylic acids is 1. The highest BCUT2D eigenvalue weighted by Crippen LogP contribution is 2.11. The second-order valence-corrected chi connectivity index (χ2v) is 3.72. The molecule has 0 radical (unpaired) electrons. The van der Waals surface area contributed by atoms with E-state index in [1.165, 1.54) is 12.4 Å². The van der Waals surface area contributed by atoms with Gasteiger partial charge in [-0.25, -0.2) is 9.97 Å². The molecule has 1 aliphatic rings. The zero-order valence-corrected chi connectivity index (χ0v) is 9.09. The van der Waals surface area contributed by atoms with Crippen molar-refractivity contribution in [2.45, 2.75) is 13.0 Å². The highest BCUT2D eigenvalue weighted by atomic mass is 16.5. The minimum absolute atomic E-state index is 0.0515. The van der Waals surface area contributed by atoms with E-state index in [0.29, 0.717) is 19.7 Å². The van der Waals surface area contributed by atoms with E-state index in [2.05, 4.69) is 9.97 Å². The number of nitrogens with two attached hydrogens (primary N) is 1. The van der Waals surface area contributed by atoms with Crippen molar-refractivity contribution < 1.29 is 9.53 Å². The smallest absolute Gasteiger partial charge is 0.276 e. The van der Waals surface area contributed by atoms with Gasteiger partial charge in [-0.15, -0.1) is 0 Å². The molecule has 0 unspecified atom stereocenters. The van der Waals surface area contributed by atoms with Gasteiger partial charge in [-0.05, 0) is 6.92 Å². The molecule has 6 nitrogen and oxygen atoms in total. The predicted molar refractivity (Wildman–Crippen MR) is 57.8 cm³/mol. The predicted octanol–water partition coefficient (Wildman–Crippen LogP) is -0.0803. The lowest BCUT2D eigenvalue weighted by molar-refractivity contribution is -0.0126. The van der Waals surface area contributed by atoms with Crippen molar-refractivity contribution in [1.82, 2.24) is 14.9 Å². The van der Waals surface area contributed by atoms with E-state index >= 15 is 0 Å². The standard InChI is InChI=1S/C10H14N4O2/c1-7-6-14(4-5-16-7)10(15)8-9(11)13-3-2-12-8/h2-3,7H,4-6H2,1H3,(H2,11,13)/t7-/m1/s1. The summed E-state index contributed by atoms with van der Waals surface area (Å²) in [5.74, 6) is -0.00704. The number of anilines is 1. The van der Waals surface area contributed by atoms with E-state index in [9.17, 15) is 4.79 Å². The van der Waals surface area contributed by atoms with E-state index in [0.717, 1.165) is 0 Å². The van der Waals surface area contributed by atoms with Crippen LogP contribution in [0.3, 0.4) is 0 Å². The van der Waals surface area contributed by atoms with Gasteiger partial charge in [0.1, 0.15) is 0 Å². The molecule has 16 heavy (non-hydrogen) atoms. The number of hydrogen-bond donors (Lipinski definition) is 1. The Hall–Kier alpha value is -1.69. The molecule has 0 aliphatic carbocycles. The van der Waals surface area contributed by atoms with Crippen LogP contribution in [-0.2, 0) is 4.74 Å². The Morgan fingerprint density at radius 1 is 1.56 bits per heavy atom. The van der Waals surface area contributed by atoms with Crippen molar-refractivity contribution in [1.29, 1.82) is 0 Å². The Morgan fingerprint density at radius 3 is 3.00 bits per heavy atom. The van der Waals surface area contributed by atoms with Gasteiger partial charge >= 0.3 is 0 Å². The number of nitrogen functional groups attached to an aromatic ring is 1. The molecule has 86 valence electrons. The molecule has 1 aromatic heterocycles. The minimum atomic E-state index is -0.180. The van der Waals surface area contributed by atoms with Crippen molar-refractivity contribution in [3.63, 3.8) is 0 Å². The fraction of sp³-hybridized carbons (Fsp3) is 0.500. The van der Waals surface area contributed by atoms with Gasteiger partial charge in [0.15, 0.2) is 11.5 Å². The highest BCUT2D eigenvalue weighted by Gasteiger charge is 2.24. The summed E-state index contributed by atoms with van der Waals surface area (Å²) < 4.78 is 5.36. The Kier molecular flexibility index (Phi) is 3.00. The molecular weight excluding hydrogens is 208 g/mol. The molecule has 2 N–H and O–H groups in total. The number of aromatic nitrogens is 2. The van der Waals surface area contributed by atoms with Crippen LogP contribution in [0.25, 0.3) is 0 Å². The molecule has 1 amide bonds. The van der Waals surface area contributed by atoms with Crippen LogP contribution in [0.5, 0.6) is 0 Å². The number of amides is 1. The summed E-state index contributed by atoms with van der Waals surface area (Å²) in [6.07, 6.45) is 2.98. The lowest BCUT2D eigenvalue weighted by Gasteiger charge is -2.30. The third-order valence-electron chi connectivity index (χ3n) is 2.46. The molecule has 6 heteroatoms. The monoisotopic (exact) mass is 222 g/mol. The lowest BCUT2D eigenvalue weighted by atomic mass is 10.2. The fourth-order valence-corrected chi connectivity index (χ4v) is 1.67. The second-order valence-electron chi connectivity index (χ2n) is 3.72. The molecule has 0 saturated carbocycles. The Balaban J connectivity index is 2.16. The van der Waals surface area contributed by atoms with Crippen molar-refractivity contribution in [3.05, 3.63) is 18.1 Å². The topological polar surface area (TPSA) is 81.3 Å². The number of morpholine rings is 1. The zero-order chi connectivity index (χ0) is 11.5. The van der Waals surface area contributed by atoms with Crippen molar-refractivity contribution >= 4 is 11.7 Å². The third kappa shape index (κ3) is 2.11. The number of hydrogen-bond acceptors (Lipinski definition) is 5. The molecule has 0 bridgehead atoms. The van der Waals surface area contributed by atoms with E-state index < -0.39 is 0 Å². The lowest BCUT2D eigenvalue weighted by Crippen LogP contribution is -2.45. The maximum Gasteiger partial charge on any atom is 0.276 e. The normalized spacial score (nSPS) is 20.8. The van der Waals surface area contributed by atoms with Gasteiger partial charge in [-0.1, -0.05) is 0 Å². The average molecular weight is 222 g/mol. The largest absolute Gasteiger partial charge is 0.382 e. The molecule has 0 spiro atoms. The first-order valence-corrected chi connectivity index (χ1v) is 5.16. The number of nitrogens with zero attached hydrogens (tertiary/aromatic N) is 3. The van der Waals surface area contributed by atoms with Gasteiger partial charge in [0.25, 0.3) is 5.91 Å². The first kappa shape index (κ1) is 10.8. The van der Waals surface area contributed by atoms with Crippen molar-refractivity contribution in [3.8, 4) is 0 Å². The zero-order valence-electron chi connectivity index (χ0n) is 9.09. The molecular formula is C10H14N4O2. The van der Waals surface area contributed by atoms with Crippen LogP contribution in [0.2, 0.25) is 0 Å². The SMILES string of the molecule is C[C@@H]1CN(C(=O)c2nccnc2N)CCO1. The summed E-state index contributed by atoms with van der Waals surface area (Å²) in [7, 11) is 0. The van der Waals surface area contributed by atoms with E-state index in [4.69, 9.17) is 10.5 Å². The maximum absolute atomic E-state index is 12.1. The van der Waals surface area contributed by atoms with Crippen LogP contribution in [0.1, 0.15) is 17.4 Å². The van der Waals surface area contributed by atoms with Crippen LogP contribution in [0.15, 0.2) is 12.4 Å². The molecule has 1 aromatic rings. The summed E-state index contributed by atoms with van der Waals surface area (Å²) >= 11 is 0. The number of rotatable bonds is 1. The van der Waals surface area contributed by atoms with Gasteiger partial charge in [0.2, 0.25) is 0 Å². The second kappa shape index (κ2) is 4.44. The Bertz CT molecular complexity index is 396. The maximum atomic E-state index is 12.1. The molecule has 1 atom stereocenters. The summed E-state index contributed by atoms with van der Waals surface area (Å²) in [6, 6.07) is 0. The average Bonchev–Trinajstić information content (AvgIpc) is 2.29. The quantitative estimate of drug-likeness (QED) is 0.718. The summed E-state index contributed by atoms with van der Waals surface area (Å²) in [5.41, 5.74) is 5.83. The highest BCUT2D eigenvalue weighted by molar-refractivity contribution is 5.96. The fourth-order valence-electron chi connectivity index (χ4n) is 1.67.